The fourth-order valence-electron chi connectivity index (χ4n) is 10.8. The summed E-state index contributed by atoms with van der Waals surface area (Å²) in [6.07, 6.45) is 7.45. The maximum absolute atomic E-state index is 13.0. The van der Waals surface area contributed by atoms with Gasteiger partial charge in [0.25, 0.3) is 0 Å². The molecule has 3 saturated carbocycles. The first-order chi connectivity index (χ1) is 17.6. The number of allylic oxidation sites excluding steroid dienone is 1. The van der Waals surface area contributed by atoms with E-state index in [0.717, 1.165) is 32.1 Å². The van der Waals surface area contributed by atoms with Gasteiger partial charge >= 0.3 is 5.97 Å². The van der Waals surface area contributed by atoms with Crippen molar-refractivity contribution in [2.24, 2.45) is 45.3 Å². The minimum Gasteiger partial charge on any atom is -0.436 e. The molecule has 38 heavy (non-hydrogen) atoms. The topological polar surface area (TPSA) is 85.4 Å². The first-order valence-corrected chi connectivity index (χ1v) is 15.0. The summed E-state index contributed by atoms with van der Waals surface area (Å²) in [5.41, 5.74) is 0.442. The van der Waals surface area contributed by atoms with Crippen molar-refractivity contribution in [2.75, 3.05) is 0 Å². The van der Waals surface area contributed by atoms with E-state index >= 15 is 0 Å². The molecule has 0 aromatic rings. The van der Waals surface area contributed by atoms with Crippen molar-refractivity contribution in [1.29, 1.82) is 0 Å². The van der Waals surface area contributed by atoms with Crippen molar-refractivity contribution in [3.8, 4) is 0 Å². The number of esters is 1. The van der Waals surface area contributed by atoms with Gasteiger partial charge in [0, 0.05) is 30.1 Å². The number of fused-ring (bicyclic) bond motifs is 5. The van der Waals surface area contributed by atoms with Crippen LogP contribution >= 0.6 is 0 Å². The number of ether oxygens (including phenoxy) is 3. The van der Waals surface area contributed by atoms with Gasteiger partial charge in [0.15, 0.2) is 0 Å². The van der Waals surface area contributed by atoms with Crippen LogP contribution in [0.1, 0.15) is 100 Å². The zero-order chi connectivity index (χ0) is 27.6. The second-order valence-corrected chi connectivity index (χ2v) is 15.4. The SMILES string of the molecule is CC(=O)O[C@@H]1O[C@@H]([C@@H]2OC2(C)C)C[C@H]1[C@@H]1CC=C2[C@]3(C)[C@H](O)C[C@H]4C(C)(C)C(=O)CC[C@]4(C)[C@H]3CC[C@]21C. The molecule has 0 aromatic heterocycles. The Hall–Kier alpha value is -1.24. The number of carbonyl (C=O) groups is 2. The molecule has 0 spiro atoms. The number of epoxide rings is 1. The van der Waals surface area contributed by atoms with Crippen LogP contribution in [0.3, 0.4) is 0 Å². The van der Waals surface area contributed by atoms with Crippen LogP contribution < -0.4 is 0 Å². The molecule has 0 amide bonds. The fourth-order valence-corrected chi connectivity index (χ4v) is 10.8. The van der Waals surface area contributed by atoms with E-state index in [1.165, 1.54) is 12.5 Å². The number of hydrogen-bond donors (Lipinski definition) is 1. The maximum Gasteiger partial charge on any atom is 0.304 e. The lowest BCUT2D eigenvalue weighted by Crippen LogP contribution is -2.65. The van der Waals surface area contributed by atoms with Gasteiger partial charge in [0.05, 0.1) is 17.8 Å². The van der Waals surface area contributed by atoms with E-state index in [1.807, 2.05) is 0 Å². The molecule has 6 nitrogen and oxygen atoms in total. The number of carbonyl (C=O) groups excluding carboxylic acids is 2. The van der Waals surface area contributed by atoms with Crippen molar-refractivity contribution in [2.45, 2.75) is 131 Å². The summed E-state index contributed by atoms with van der Waals surface area (Å²) in [5.74, 6) is 0.968. The normalized spacial score (nSPS) is 52.4. The number of hydrogen-bond acceptors (Lipinski definition) is 6. The third-order valence-electron chi connectivity index (χ3n) is 12.8. The molecule has 6 heteroatoms. The monoisotopic (exact) mass is 528 g/mol. The van der Waals surface area contributed by atoms with E-state index in [4.69, 9.17) is 14.2 Å². The molecular weight excluding hydrogens is 480 g/mol. The number of aliphatic hydroxyl groups excluding tert-OH is 1. The van der Waals surface area contributed by atoms with E-state index in [1.54, 1.807) is 0 Å². The average molecular weight is 529 g/mol. The van der Waals surface area contributed by atoms with Crippen LogP contribution in [-0.4, -0.2) is 47.1 Å². The summed E-state index contributed by atoms with van der Waals surface area (Å²) in [5, 5.41) is 11.9. The van der Waals surface area contributed by atoms with Gasteiger partial charge in [-0.2, -0.15) is 0 Å². The predicted octanol–water partition coefficient (Wildman–Crippen LogP) is 5.60. The van der Waals surface area contributed by atoms with Gasteiger partial charge in [0.1, 0.15) is 11.9 Å². The molecule has 2 saturated heterocycles. The Morgan fingerprint density at radius 3 is 2.37 bits per heavy atom. The standard InChI is InChI=1S/C32H48O6/c1-17(33)36-27-18(15-20(37-27)26-29(4,5)38-26)19-9-10-21-30(19,6)13-11-22-31(7)14-12-24(34)28(2,3)23(31)16-25(35)32(21,22)8/h10,18-20,22-23,25-27,35H,9,11-16H2,1-8H3/t18-,19-,20+,22+,23-,25+,26-,27+,30-,31+,32-/m0/s1. The summed E-state index contributed by atoms with van der Waals surface area (Å²) in [4.78, 5) is 25.0. The van der Waals surface area contributed by atoms with E-state index in [0.29, 0.717) is 24.5 Å². The van der Waals surface area contributed by atoms with E-state index < -0.39 is 17.8 Å². The highest BCUT2D eigenvalue weighted by Crippen LogP contribution is 2.73. The lowest BCUT2D eigenvalue weighted by atomic mass is 9.37. The number of aliphatic hydroxyl groups is 1. The predicted molar refractivity (Wildman–Crippen MR) is 143 cm³/mol. The molecule has 5 fully saturated rings. The van der Waals surface area contributed by atoms with E-state index in [9.17, 15) is 14.7 Å². The summed E-state index contributed by atoms with van der Waals surface area (Å²) in [6.45, 7) is 17.0. The first-order valence-electron chi connectivity index (χ1n) is 15.0. The maximum atomic E-state index is 13.0. The number of rotatable bonds is 3. The lowest BCUT2D eigenvalue weighted by molar-refractivity contribution is -0.196. The zero-order valence-corrected chi connectivity index (χ0v) is 24.6. The van der Waals surface area contributed by atoms with Gasteiger partial charge < -0.3 is 19.3 Å². The molecular formula is C32H48O6. The third kappa shape index (κ3) is 3.48. The van der Waals surface area contributed by atoms with E-state index in [-0.39, 0.29) is 57.8 Å². The number of Topliss-reactive ketones (excluding diaryl/α,β-unsaturated/α-hetero) is 1. The summed E-state index contributed by atoms with van der Waals surface area (Å²) >= 11 is 0. The van der Waals surface area contributed by atoms with Crippen LogP contribution in [0.5, 0.6) is 0 Å². The highest BCUT2D eigenvalue weighted by Gasteiger charge is 2.69. The van der Waals surface area contributed by atoms with Crippen molar-refractivity contribution >= 4 is 11.8 Å². The molecule has 6 aliphatic rings. The number of ketones is 1. The molecule has 1 N–H and O–H groups in total. The Morgan fingerprint density at radius 2 is 1.74 bits per heavy atom. The van der Waals surface area contributed by atoms with Crippen molar-refractivity contribution < 1.29 is 28.9 Å². The molecule has 4 aliphatic carbocycles. The summed E-state index contributed by atoms with van der Waals surface area (Å²) in [7, 11) is 0. The second kappa shape index (κ2) is 8.16. The largest absolute Gasteiger partial charge is 0.436 e. The van der Waals surface area contributed by atoms with E-state index in [2.05, 4.69) is 54.5 Å². The van der Waals surface area contributed by atoms with Crippen molar-refractivity contribution in [1.82, 2.24) is 0 Å². The van der Waals surface area contributed by atoms with Gasteiger partial charge in [-0.1, -0.05) is 46.3 Å². The first kappa shape index (κ1) is 27.0. The van der Waals surface area contributed by atoms with Crippen LogP contribution in [0.4, 0.5) is 0 Å². The Kier molecular flexibility index (Phi) is 5.79. The van der Waals surface area contributed by atoms with Crippen LogP contribution in [0, 0.1) is 45.3 Å². The molecule has 0 unspecified atom stereocenters. The van der Waals surface area contributed by atoms with Gasteiger partial charge in [-0.3, -0.25) is 9.59 Å². The molecule has 2 aliphatic heterocycles. The van der Waals surface area contributed by atoms with Crippen LogP contribution in [0.2, 0.25) is 0 Å². The molecule has 2 heterocycles. The summed E-state index contributed by atoms with van der Waals surface area (Å²) in [6, 6.07) is 0. The fraction of sp³-hybridized carbons (Fsp3) is 0.875. The Balaban J connectivity index is 1.31. The van der Waals surface area contributed by atoms with Gasteiger partial charge in [-0.15, -0.1) is 0 Å². The molecule has 212 valence electrons. The van der Waals surface area contributed by atoms with Crippen LogP contribution in [0.25, 0.3) is 0 Å². The van der Waals surface area contributed by atoms with Crippen LogP contribution in [-0.2, 0) is 23.8 Å². The molecule has 6 rings (SSSR count). The van der Waals surface area contributed by atoms with Gasteiger partial charge in [0.2, 0.25) is 6.29 Å². The molecule has 0 bridgehead atoms. The molecule has 11 atom stereocenters. The Bertz CT molecular complexity index is 1080. The smallest absolute Gasteiger partial charge is 0.304 e. The van der Waals surface area contributed by atoms with Crippen molar-refractivity contribution in [3.05, 3.63) is 11.6 Å². The van der Waals surface area contributed by atoms with Gasteiger partial charge in [-0.05, 0) is 81.0 Å². The minimum atomic E-state index is -0.555. The quantitative estimate of drug-likeness (QED) is 0.291. The minimum absolute atomic E-state index is 0.0301. The molecule has 0 aromatic carbocycles. The third-order valence-corrected chi connectivity index (χ3v) is 12.8. The zero-order valence-electron chi connectivity index (χ0n) is 24.6. The molecule has 0 radical (unpaired) electrons. The van der Waals surface area contributed by atoms with Gasteiger partial charge in [-0.25, -0.2) is 0 Å². The Labute approximate surface area is 228 Å². The highest BCUT2D eigenvalue weighted by molar-refractivity contribution is 5.85. The average Bonchev–Trinajstić information content (AvgIpc) is 3.11. The highest BCUT2D eigenvalue weighted by atomic mass is 16.7. The summed E-state index contributed by atoms with van der Waals surface area (Å²) < 4.78 is 18.1. The lowest BCUT2D eigenvalue weighted by Gasteiger charge is -2.67. The Morgan fingerprint density at radius 1 is 1.05 bits per heavy atom. The second-order valence-electron chi connectivity index (χ2n) is 15.4. The van der Waals surface area contributed by atoms with Crippen molar-refractivity contribution in [3.63, 3.8) is 0 Å². The van der Waals surface area contributed by atoms with Crippen LogP contribution in [0.15, 0.2) is 11.6 Å².